The van der Waals surface area contributed by atoms with Crippen LogP contribution in [-0.2, 0) is 11.2 Å². The van der Waals surface area contributed by atoms with Crippen LogP contribution in [0.2, 0.25) is 0 Å². The molecule has 202 valence electrons. The second-order valence-corrected chi connectivity index (χ2v) is 9.33. The minimum atomic E-state index is 0.133. The van der Waals surface area contributed by atoms with Gasteiger partial charge in [0.2, 0.25) is 5.91 Å². The van der Waals surface area contributed by atoms with E-state index in [1.54, 1.807) is 14.0 Å². The van der Waals surface area contributed by atoms with Gasteiger partial charge in [0.05, 0.1) is 7.11 Å². The van der Waals surface area contributed by atoms with Crippen molar-refractivity contribution in [1.82, 2.24) is 0 Å². The predicted octanol–water partition coefficient (Wildman–Crippen LogP) is 9.43. The summed E-state index contributed by atoms with van der Waals surface area (Å²) in [5, 5.41) is 3.03. The lowest BCUT2D eigenvalue weighted by Gasteiger charge is -2.27. The summed E-state index contributed by atoms with van der Waals surface area (Å²) in [6.07, 6.45) is 6.54. The highest BCUT2D eigenvalue weighted by atomic mass is 79.9. The van der Waals surface area contributed by atoms with Crippen molar-refractivity contribution in [3.63, 3.8) is 0 Å². The van der Waals surface area contributed by atoms with Crippen molar-refractivity contribution in [3.05, 3.63) is 57.6 Å². The standard InChI is InChI=1S/C17H25NO2.C10H11BrO.2C2H6/c1-4-13-6-8-14(9-7-13)17(19)18-15-10-5-12(2)16(11-15)20-3;1-3-8-9(7(2)12)5-4-6-10(8)11;2*1-2/h5,10-11,13-14H,4,6-9H2,1-3H3,(H,18,19);4-6H,3H2,1-2H3;2*1-2H3. The highest BCUT2D eigenvalue weighted by Gasteiger charge is 2.25. The molecule has 1 saturated carbocycles. The molecule has 0 heterocycles. The van der Waals surface area contributed by atoms with Crippen molar-refractivity contribution < 1.29 is 14.3 Å². The third-order valence-electron chi connectivity index (χ3n) is 6.32. The topological polar surface area (TPSA) is 55.4 Å². The van der Waals surface area contributed by atoms with E-state index in [1.165, 1.54) is 19.3 Å². The average molecular weight is 563 g/mol. The molecule has 1 amide bonds. The van der Waals surface area contributed by atoms with E-state index >= 15 is 0 Å². The third kappa shape index (κ3) is 10.9. The molecular formula is C31H48BrNO3. The third-order valence-corrected chi connectivity index (χ3v) is 7.07. The summed E-state index contributed by atoms with van der Waals surface area (Å²) in [7, 11) is 1.65. The van der Waals surface area contributed by atoms with E-state index in [2.05, 4.69) is 28.2 Å². The Hall–Kier alpha value is -2.14. The van der Waals surface area contributed by atoms with Gasteiger partial charge in [-0.25, -0.2) is 0 Å². The molecule has 0 aliphatic heterocycles. The Kier molecular flexibility index (Phi) is 17.9. The lowest BCUT2D eigenvalue weighted by Crippen LogP contribution is -2.27. The summed E-state index contributed by atoms with van der Waals surface area (Å²) in [6.45, 7) is 15.9. The lowest BCUT2D eigenvalue weighted by atomic mass is 9.80. The highest BCUT2D eigenvalue weighted by molar-refractivity contribution is 9.10. The van der Waals surface area contributed by atoms with Crippen LogP contribution in [0, 0.1) is 18.8 Å². The van der Waals surface area contributed by atoms with Crippen LogP contribution in [0.15, 0.2) is 40.9 Å². The maximum absolute atomic E-state index is 12.3. The Balaban J connectivity index is 0.000000655. The Morgan fingerprint density at radius 2 is 1.61 bits per heavy atom. The number of carbonyl (C=O) groups excluding carboxylic acids is 2. The van der Waals surface area contributed by atoms with Crippen LogP contribution >= 0.6 is 15.9 Å². The monoisotopic (exact) mass is 561 g/mol. The summed E-state index contributed by atoms with van der Waals surface area (Å²) in [4.78, 5) is 23.5. The number of anilines is 1. The molecule has 2 aromatic rings. The van der Waals surface area contributed by atoms with E-state index in [0.29, 0.717) is 0 Å². The summed E-state index contributed by atoms with van der Waals surface area (Å²) in [5.41, 5.74) is 3.83. The molecule has 0 radical (unpaired) electrons. The molecule has 1 N–H and O–H groups in total. The summed E-state index contributed by atoms with van der Waals surface area (Å²) in [5.74, 6) is 2.10. The van der Waals surface area contributed by atoms with Gasteiger partial charge in [-0.15, -0.1) is 0 Å². The smallest absolute Gasteiger partial charge is 0.227 e. The van der Waals surface area contributed by atoms with E-state index in [0.717, 1.165) is 57.8 Å². The van der Waals surface area contributed by atoms with Crippen LogP contribution in [0.5, 0.6) is 5.75 Å². The van der Waals surface area contributed by atoms with Gasteiger partial charge in [0.15, 0.2) is 5.78 Å². The van der Waals surface area contributed by atoms with E-state index in [4.69, 9.17) is 4.74 Å². The first kappa shape index (κ1) is 33.9. The minimum absolute atomic E-state index is 0.133. The number of amides is 1. The first-order chi connectivity index (χ1) is 17.3. The van der Waals surface area contributed by atoms with Crippen molar-refractivity contribution >= 4 is 33.3 Å². The zero-order valence-corrected chi connectivity index (χ0v) is 25.6. The average Bonchev–Trinajstić information content (AvgIpc) is 2.92. The molecule has 36 heavy (non-hydrogen) atoms. The minimum Gasteiger partial charge on any atom is -0.496 e. The van der Waals surface area contributed by atoms with Crippen LogP contribution in [-0.4, -0.2) is 18.8 Å². The molecule has 0 saturated heterocycles. The predicted molar refractivity (Wildman–Crippen MR) is 158 cm³/mol. The normalized spacial score (nSPS) is 16.1. The van der Waals surface area contributed by atoms with Crippen molar-refractivity contribution in [2.45, 2.75) is 93.9 Å². The summed E-state index contributed by atoms with van der Waals surface area (Å²) < 4.78 is 6.32. The maximum atomic E-state index is 12.3. The van der Waals surface area contributed by atoms with Gasteiger partial charge in [-0.3, -0.25) is 9.59 Å². The zero-order valence-electron chi connectivity index (χ0n) is 24.0. The number of carbonyl (C=O) groups is 2. The number of hydrogen-bond donors (Lipinski definition) is 1. The molecule has 0 atom stereocenters. The molecule has 3 rings (SSSR count). The Labute approximate surface area is 228 Å². The number of ketones is 1. The van der Waals surface area contributed by atoms with Crippen LogP contribution in [0.4, 0.5) is 5.69 Å². The van der Waals surface area contributed by atoms with Crippen molar-refractivity contribution in [2.75, 3.05) is 12.4 Å². The van der Waals surface area contributed by atoms with E-state index < -0.39 is 0 Å². The van der Waals surface area contributed by atoms with Crippen molar-refractivity contribution in [2.24, 2.45) is 11.8 Å². The largest absolute Gasteiger partial charge is 0.496 e. The van der Waals surface area contributed by atoms with Gasteiger partial charge in [0.1, 0.15) is 5.75 Å². The van der Waals surface area contributed by atoms with Crippen LogP contribution in [0.25, 0.3) is 0 Å². The fourth-order valence-corrected chi connectivity index (χ4v) is 4.87. The van der Waals surface area contributed by atoms with Crippen LogP contribution in [0.1, 0.15) is 102 Å². The number of Topliss-reactive ketones (excluding diaryl/α,β-unsaturated/α-hetero) is 1. The molecule has 5 heteroatoms. The van der Waals surface area contributed by atoms with Crippen molar-refractivity contribution in [1.29, 1.82) is 0 Å². The number of halogens is 1. The Morgan fingerprint density at radius 1 is 1.00 bits per heavy atom. The fourth-order valence-electron chi connectivity index (χ4n) is 4.22. The molecule has 0 aromatic heterocycles. The van der Waals surface area contributed by atoms with Gasteiger partial charge < -0.3 is 10.1 Å². The van der Waals surface area contributed by atoms with E-state index in [-0.39, 0.29) is 17.6 Å². The first-order valence-electron chi connectivity index (χ1n) is 13.5. The maximum Gasteiger partial charge on any atom is 0.227 e. The number of methoxy groups -OCH3 is 1. The van der Waals surface area contributed by atoms with Crippen LogP contribution in [0.3, 0.4) is 0 Å². The molecule has 1 aliphatic rings. The Bertz CT molecular complexity index is 918. The summed E-state index contributed by atoms with van der Waals surface area (Å²) >= 11 is 3.42. The quantitative estimate of drug-likeness (QED) is 0.357. The zero-order chi connectivity index (χ0) is 27.7. The SMILES string of the molecule is CC.CC.CCC1CCC(C(=O)Nc2ccc(C)c(OC)c2)CC1.CCc1c(Br)cccc1C(C)=O. The van der Waals surface area contributed by atoms with E-state index in [1.807, 2.05) is 77.9 Å². The molecule has 1 fully saturated rings. The van der Waals surface area contributed by atoms with Gasteiger partial charge in [0.25, 0.3) is 0 Å². The molecule has 0 spiro atoms. The van der Waals surface area contributed by atoms with Gasteiger partial charge in [-0.1, -0.05) is 82.1 Å². The number of ether oxygens (including phenoxy) is 1. The lowest BCUT2D eigenvalue weighted by molar-refractivity contribution is -0.121. The number of rotatable bonds is 6. The fraction of sp³-hybridized carbons (Fsp3) is 0.548. The highest BCUT2D eigenvalue weighted by Crippen LogP contribution is 2.31. The second-order valence-electron chi connectivity index (χ2n) is 8.48. The van der Waals surface area contributed by atoms with Crippen molar-refractivity contribution in [3.8, 4) is 5.75 Å². The molecule has 4 nitrogen and oxygen atoms in total. The van der Waals surface area contributed by atoms with Gasteiger partial charge >= 0.3 is 0 Å². The van der Waals surface area contributed by atoms with Gasteiger partial charge in [-0.05, 0) is 75.1 Å². The molecule has 0 unspecified atom stereocenters. The van der Waals surface area contributed by atoms with E-state index in [9.17, 15) is 9.59 Å². The second kappa shape index (κ2) is 19.0. The number of hydrogen-bond acceptors (Lipinski definition) is 3. The number of aryl methyl sites for hydroxylation is 1. The molecular weight excluding hydrogens is 514 g/mol. The first-order valence-corrected chi connectivity index (χ1v) is 14.3. The van der Waals surface area contributed by atoms with Crippen LogP contribution < -0.4 is 10.1 Å². The van der Waals surface area contributed by atoms with Gasteiger partial charge in [-0.2, -0.15) is 0 Å². The number of benzene rings is 2. The Morgan fingerprint density at radius 3 is 2.08 bits per heavy atom. The summed E-state index contributed by atoms with van der Waals surface area (Å²) in [6, 6.07) is 11.5. The molecule has 2 aromatic carbocycles. The number of nitrogens with one attached hydrogen (secondary N) is 1. The molecule has 0 bridgehead atoms. The van der Waals surface area contributed by atoms with Gasteiger partial charge in [0, 0.05) is 27.7 Å². The molecule has 1 aliphatic carbocycles.